The van der Waals surface area contributed by atoms with Gasteiger partial charge in [0.25, 0.3) is 0 Å². The van der Waals surface area contributed by atoms with Gasteiger partial charge in [0.05, 0.1) is 5.69 Å². The fourth-order valence-electron chi connectivity index (χ4n) is 5.26. The SMILES string of the molecule is Cc1ccc2c(c1)CC(NC(C)C)Cc1nnc([C@H]3CC[C@H](Oc4ccccn4)CC3)n1-2. The molecule has 1 unspecified atom stereocenters. The Morgan fingerprint density at radius 1 is 1.03 bits per heavy atom. The lowest BCUT2D eigenvalue weighted by Crippen LogP contribution is -2.37. The molecule has 6 heteroatoms. The van der Waals surface area contributed by atoms with E-state index >= 15 is 0 Å². The number of nitrogens with one attached hydrogen (secondary N) is 1. The van der Waals surface area contributed by atoms with Crippen molar-refractivity contribution in [2.45, 2.75) is 83.4 Å². The smallest absolute Gasteiger partial charge is 0.213 e. The van der Waals surface area contributed by atoms with Crippen LogP contribution in [0, 0.1) is 6.92 Å². The highest BCUT2D eigenvalue weighted by molar-refractivity contribution is 5.47. The van der Waals surface area contributed by atoms with Gasteiger partial charge in [-0.15, -0.1) is 10.2 Å². The van der Waals surface area contributed by atoms with Gasteiger partial charge in [0.2, 0.25) is 5.88 Å². The molecule has 0 radical (unpaired) electrons. The summed E-state index contributed by atoms with van der Waals surface area (Å²) in [4.78, 5) is 4.31. The van der Waals surface area contributed by atoms with Crippen LogP contribution >= 0.6 is 0 Å². The molecule has 1 N–H and O–H groups in total. The van der Waals surface area contributed by atoms with Gasteiger partial charge in [-0.1, -0.05) is 37.6 Å². The molecule has 1 aliphatic heterocycles. The van der Waals surface area contributed by atoms with E-state index in [2.05, 4.69) is 58.9 Å². The van der Waals surface area contributed by atoms with E-state index in [0.29, 0.717) is 18.0 Å². The minimum absolute atomic E-state index is 0.224. The number of ether oxygens (including phenoxy) is 1. The summed E-state index contributed by atoms with van der Waals surface area (Å²) >= 11 is 0. The van der Waals surface area contributed by atoms with Gasteiger partial charge in [0.1, 0.15) is 17.8 Å². The van der Waals surface area contributed by atoms with Gasteiger partial charge in [-0.2, -0.15) is 0 Å². The lowest BCUT2D eigenvalue weighted by molar-refractivity contribution is 0.139. The number of aryl methyl sites for hydroxylation is 1. The van der Waals surface area contributed by atoms with Crippen LogP contribution in [-0.4, -0.2) is 37.9 Å². The fraction of sp³-hybridized carbons (Fsp3) is 0.500. The number of rotatable bonds is 5. The van der Waals surface area contributed by atoms with E-state index in [0.717, 1.165) is 56.1 Å². The van der Waals surface area contributed by atoms with E-state index in [-0.39, 0.29) is 6.10 Å². The number of aromatic nitrogens is 4. The van der Waals surface area contributed by atoms with Gasteiger partial charge in [0, 0.05) is 36.7 Å². The fourth-order valence-corrected chi connectivity index (χ4v) is 5.26. The van der Waals surface area contributed by atoms with Gasteiger partial charge < -0.3 is 10.1 Å². The molecule has 5 rings (SSSR count). The number of pyridine rings is 1. The topological polar surface area (TPSA) is 64.9 Å². The molecule has 168 valence electrons. The first-order valence-electron chi connectivity index (χ1n) is 11.9. The molecule has 0 saturated heterocycles. The molecule has 1 aromatic carbocycles. The third-order valence-corrected chi connectivity index (χ3v) is 6.66. The Morgan fingerprint density at radius 2 is 1.88 bits per heavy atom. The third-order valence-electron chi connectivity index (χ3n) is 6.66. The van der Waals surface area contributed by atoms with Crippen LogP contribution in [0.15, 0.2) is 42.6 Å². The zero-order valence-electron chi connectivity index (χ0n) is 19.3. The summed E-state index contributed by atoms with van der Waals surface area (Å²) in [7, 11) is 0. The monoisotopic (exact) mass is 431 g/mol. The van der Waals surface area contributed by atoms with Crippen LogP contribution in [0.25, 0.3) is 5.69 Å². The predicted molar refractivity (Wildman–Crippen MR) is 125 cm³/mol. The summed E-state index contributed by atoms with van der Waals surface area (Å²) in [5.74, 6) is 3.32. The van der Waals surface area contributed by atoms with Crippen LogP contribution in [0.1, 0.15) is 68.2 Å². The van der Waals surface area contributed by atoms with Gasteiger partial charge in [-0.3, -0.25) is 4.57 Å². The Balaban J connectivity index is 1.39. The van der Waals surface area contributed by atoms with E-state index in [1.54, 1.807) is 6.20 Å². The van der Waals surface area contributed by atoms with Crippen molar-refractivity contribution in [3.8, 4) is 11.6 Å². The number of hydrogen-bond acceptors (Lipinski definition) is 5. The molecule has 3 heterocycles. The van der Waals surface area contributed by atoms with Crippen molar-refractivity contribution in [1.82, 2.24) is 25.1 Å². The third kappa shape index (κ3) is 4.42. The largest absolute Gasteiger partial charge is 0.474 e. The normalized spacial score (nSPS) is 22.8. The highest BCUT2D eigenvalue weighted by Crippen LogP contribution is 2.36. The van der Waals surface area contributed by atoms with Crippen LogP contribution in [0.3, 0.4) is 0 Å². The summed E-state index contributed by atoms with van der Waals surface area (Å²) in [5.41, 5.74) is 3.94. The molecule has 1 atom stereocenters. The maximum Gasteiger partial charge on any atom is 0.213 e. The molecular weight excluding hydrogens is 398 g/mol. The second-order valence-corrected chi connectivity index (χ2v) is 9.63. The molecule has 32 heavy (non-hydrogen) atoms. The number of nitrogens with zero attached hydrogens (tertiary/aromatic N) is 4. The summed E-state index contributed by atoms with van der Waals surface area (Å²) in [5, 5.41) is 13.2. The molecule has 1 aliphatic carbocycles. The average molecular weight is 432 g/mol. The van der Waals surface area contributed by atoms with Gasteiger partial charge in [0.15, 0.2) is 0 Å². The molecule has 6 nitrogen and oxygen atoms in total. The van der Waals surface area contributed by atoms with Crippen LogP contribution in [-0.2, 0) is 12.8 Å². The summed E-state index contributed by atoms with van der Waals surface area (Å²) in [6.07, 6.45) is 8.08. The molecule has 1 fully saturated rings. The highest BCUT2D eigenvalue weighted by atomic mass is 16.5. The molecule has 0 spiro atoms. The molecule has 1 saturated carbocycles. The van der Waals surface area contributed by atoms with Crippen molar-refractivity contribution in [2.24, 2.45) is 0 Å². The van der Waals surface area contributed by atoms with Crippen LogP contribution in [0.4, 0.5) is 0 Å². The lowest BCUT2D eigenvalue weighted by atomic mass is 9.86. The van der Waals surface area contributed by atoms with E-state index in [1.807, 2.05) is 18.2 Å². The quantitative estimate of drug-likeness (QED) is 0.642. The predicted octanol–water partition coefficient (Wildman–Crippen LogP) is 4.54. The van der Waals surface area contributed by atoms with E-state index in [9.17, 15) is 0 Å². The van der Waals surface area contributed by atoms with Crippen molar-refractivity contribution in [3.63, 3.8) is 0 Å². The highest BCUT2D eigenvalue weighted by Gasteiger charge is 2.31. The number of hydrogen-bond donors (Lipinski definition) is 1. The summed E-state index contributed by atoms with van der Waals surface area (Å²) in [6, 6.07) is 13.4. The van der Waals surface area contributed by atoms with E-state index < -0.39 is 0 Å². The zero-order chi connectivity index (χ0) is 22.1. The summed E-state index contributed by atoms with van der Waals surface area (Å²) < 4.78 is 8.47. The number of fused-ring (bicyclic) bond motifs is 3. The maximum absolute atomic E-state index is 6.11. The Morgan fingerprint density at radius 3 is 2.62 bits per heavy atom. The first-order valence-corrected chi connectivity index (χ1v) is 11.9. The summed E-state index contributed by atoms with van der Waals surface area (Å²) in [6.45, 7) is 6.60. The van der Waals surface area contributed by atoms with Crippen LogP contribution in [0.5, 0.6) is 5.88 Å². The first kappa shape index (κ1) is 21.1. The van der Waals surface area contributed by atoms with E-state index in [4.69, 9.17) is 9.84 Å². The van der Waals surface area contributed by atoms with Gasteiger partial charge >= 0.3 is 0 Å². The minimum atomic E-state index is 0.224. The van der Waals surface area contributed by atoms with Crippen molar-refractivity contribution >= 4 is 0 Å². The van der Waals surface area contributed by atoms with E-state index in [1.165, 1.54) is 16.8 Å². The molecule has 2 aliphatic rings. The zero-order valence-corrected chi connectivity index (χ0v) is 19.3. The van der Waals surface area contributed by atoms with Gasteiger partial charge in [-0.25, -0.2) is 4.98 Å². The maximum atomic E-state index is 6.11. The van der Waals surface area contributed by atoms with Crippen molar-refractivity contribution in [2.75, 3.05) is 0 Å². The van der Waals surface area contributed by atoms with Crippen molar-refractivity contribution < 1.29 is 4.74 Å². The van der Waals surface area contributed by atoms with Crippen molar-refractivity contribution in [3.05, 3.63) is 65.4 Å². The molecule has 3 aromatic rings. The first-order chi connectivity index (χ1) is 15.6. The standard InChI is InChI=1S/C26H33N5O/c1-17(2)28-21-15-20-14-18(3)7-12-23(20)31-24(16-21)29-30-26(31)19-8-10-22(11-9-19)32-25-6-4-5-13-27-25/h4-7,12-14,17,19,21-22,28H,8-11,15-16H2,1-3H3/t19-,21?,22-. The molecule has 0 bridgehead atoms. The molecule has 2 aromatic heterocycles. The second kappa shape index (κ2) is 9.02. The second-order valence-electron chi connectivity index (χ2n) is 9.63. The Labute approximate surface area is 190 Å². The Hall–Kier alpha value is -2.73. The average Bonchev–Trinajstić information content (AvgIpc) is 3.11. The van der Waals surface area contributed by atoms with Crippen LogP contribution < -0.4 is 10.1 Å². The lowest BCUT2D eigenvalue weighted by Gasteiger charge is -2.28. The molecular formula is C26H33N5O. The van der Waals surface area contributed by atoms with Crippen molar-refractivity contribution in [1.29, 1.82) is 0 Å². The Kier molecular flexibility index (Phi) is 5.96. The number of benzene rings is 1. The minimum Gasteiger partial charge on any atom is -0.474 e. The molecule has 0 amide bonds. The Bertz CT molecular complexity index is 1050. The van der Waals surface area contributed by atoms with Crippen LogP contribution in [0.2, 0.25) is 0 Å². The van der Waals surface area contributed by atoms with Gasteiger partial charge in [-0.05, 0) is 56.7 Å².